The Hall–Kier alpha value is -3.03. The quantitative estimate of drug-likeness (QED) is 0.423. The predicted molar refractivity (Wildman–Crippen MR) is 125 cm³/mol. The zero-order valence-electron chi connectivity index (χ0n) is 17.0. The minimum absolute atomic E-state index is 0.149. The average Bonchev–Trinajstić information content (AvgIpc) is 3.15. The molecule has 4 rings (SSSR count). The highest BCUT2D eigenvalue weighted by Gasteiger charge is 2.23. The number of nitrogens with zero attached hydrogens (tertiary/aromatic N) is 1. The van der Waals surface area contributed by atoms with Gasteiger partial charge >= 0.3 is 12.1 Å². The molecule has 0 spiro atoms. The van der Waals surface area contributed by atoms with Gasteiger partial charge in [-0.15, -0.1) is 0 Å². The van der Waals surface area contributed by atoms with E-state index >= 15 is 0 Å². The van der Waals surface area contributed by atoms with Crippen LogP contribution in [-0.4, -0.2) is 35.2 Å². The summed E-state index contributed by atoms with van der Waals surface area (Å²) in [5, 5.41) is 9.35. The molecule has 166 valence electrons. The van der Waals surface area contributed by atoms with Crippen molar-refractivity contribution in [2.75, 3.05) is 13.2 Å². The standard InChI is InChI=1S/C18H15BrClNO5.C6H6/c19-13-1-2-16(12(8-13)10-21-3-4-25-18(21)24)26-15-6-11(7-17(22)23)5-14(20)9-15;1-2-4-6-5-3-1/h1-2,5-6,8-9H,3-4,7,10H2,(H,22,23);1-6H. The van der Waals surface area contributed by atoms with Crippen molar-refractivity contribution in [1.82, 2.24) is 4.90 Å². The minimum Gasteiger partial charge on any atom is -0.481 e. The molecule has 3 aromatic carbocycles. The van der Waals surface area contributed by atoms with Crippen LogP contribution >= 0.6 is 27.5 Å². The number of carboxylic acids is 1. The van der Waals surface area contributed by atoms with E-state index < -0.39 is 5.97 Å². The van der Waals surface area contributed by atoms with Crippen LogP contribution in [0.15, 0.2) is 77.3 Å². The molecule has 8 heteroatoms. The summed E-state index contributed by atoms with van der Waals surface area (Å²) < 4.78 is 11.7. The molecule has 1 N–H and O–H groups in total. The lowest BCUT2D eigenvalue weighted by Crippen LogP contribution is -2.23. The summed E-state index contributed by atoms with van der Waals surface area (Å²) in [6.45, 7) is 1.23. The lowest BCUT2D eigenvalue weighted by atomic mass is 10.1. The van der Waals surface area contributed by atoms with Crippen LogP contribution in [0.4, 0.5) is 4.79 Å². The first-order valence-corrected chi connectivity index (χ1v) is 11.0. The Bertz CT molecular complexity index is 1050. The largest absolute Gasteiger partial charge is 0.481 e. The number of aliphatic carboxylic acids is 1. The van der Waals surface area contributed by atoms with Crippen molar-refractivity contribution in [2.45, 2.75) is 13.0 Å². The van der Waals surface area contributed by atoms with Gasteiger partial charge < -0.3 is 19.5 Å². The lowest BCUT2D eigenvalue weighted by Gasteiger charge is -2.17. The van der Waals surface area contributed by atoms with Gasteiger partial charge in [-0.2, -0.15) is 0 Å². The second-order valence-electron chi connectivity index (χ2n) is 6.91. The van der Waals surface area contributed by atoms with E-state index in [1.807, 2.05) is 48.5 Å². The van der Waals surface area contributed by atoms with Crippen molar-refractivity contribution in [1.29, 1.82) is 0 Å². The molecule has 0 radical (unpaired) electrons. The zero-order valence-corrected chi connectivity index (χ0v) is 19.4. The molecule has 1 aliphatic rings. The molecule has 0 unspecified atom stereocenters. The summed E-state index contributed by atoms with van der Waals surface area (Å²) in [6.07, 6.45) is -0.508. The van der Waals surface area contributed by atoms with Gasteiger partial charge in [0.1, 0.15) is 18.1 Å². The van der Waals surface area contributed by atoms with Crippen molar-refractivity contribution in [2.24, 2.45) is 0 Å². The number of cyclic esters (lactones) is 1. The van der Waals surface area contributed by atoms with Gasteiger partial charge in [0.2, 0.25) is 0 Å². The van der Waals surface area contributed by atoms with E-state index in [0.717, 1.165) is 10.0 Å². The average molecular weight is 519 g/mol. The van der Waals surface area contributed by atoms with Gasteiger partial charge in [0, 0.05) is 15.1 Å². The van der Waals surface area contributed by atoms with Crippen LogP contribution in [0.5, 0.6) is 11.5 Å². The number of benzene rings is 3. The molecule has 0 atom stereocenters. The highest BCUT2D eigenvalue weighted by atomic mass is 79.9. The van der Waals surface area contributed by atoms with E-state index in [-0.39, 0.29) is 12.5 Å². The molecule has 1 fully saturated rings. The molecule has 1 amide bonds. The smallest absolute Gasteiger partial charge is 0.410 e. The van der Waals surface area contributed by atoms with Crippen LogP contribution in [0.3, 0.4) is 0 Å². The maximum absolute atomic E-state index is 11.7. The van der Waals surface area contributed by atoms with Crippen molar-refractivity contribution in [3.8, 4) is 11.5 Å². The van der Waals surface area contributed by atoms with Gasteiger partial charge in [-0.05, 0) is 42.0 Å². The molecule has 1 aliphatic heterocycles. The van der Waals surface area contributed by atoms with Gasteiger partial charge in [-0.25, -0.2) is 4.79 Å². The van der Waals surface area contributed by atoms with Crippen LogP contribution in [-0.2, 0) is 22.5 Å². The fourth-order valence-electron chi connectivity index (χ4n) is 3.01. The number of hydrogen-bond acceptors (Lipinski definition) is 4. The summed E-state index contributed by atoms with van der Waals surface area (Å²) in [5.74, 6) is 0.0351. The van der Waals surface area contributed by atoms with Crippen molar-refractivity contribution in [3.05, 3.63) is 93.4 Å². The third kappa shape index (κ3) is 7.28. The monoisotopic (exact) mass is 517 g/mol. The minimum atomic E-state index is -0.949. The number of carbonyl (C=O) groups excluding carboxylic acids is 1. The first-order chi connectivity index (χ1) is 15.4. The Morgan fingerprint density at radius 2 is 1.78 bits per heavy atom. The number of hydrogen-bond donors (Lipinski definition) is 1. The summed E-state index contributed by atoms with van der Waals surface area (Å²) in [4.78, 5) is 24.2. The SMILES string of the molecule is O=C(O)Cc1cc(Cl)cc(Oc2ccc(Br)cc2CN2CCOC2=O)c1.c1ccccc1. The third-order valence-electron chi connectivity index (χ3n) is 4.41. The molecule has 0 bridgehead atoms. The van der Waals surface area contributed by atoms with Gasteiger partial charge in [-0.1, -0.05) is 63.9 Å². The van der Waals surface area contributed by atoms with E-state index in [0.29, 0.717) is 41.8 Å². The Labute approximate surface area is 199 Å². The first kappa shape index (κ1) is 23.6. The number of amides is 1. The third-order valence-corrected chi connectivity index (χ3v) is 5.12. The fourth-order valence-corrected chi connectivity index (χ4v) is 3.67. The molecule has 0 aliphatic carbocycles. The predicted octanol–water partition coefficient (Wildman–Crippen LogP) is 6.16. The topological polar surface area (TPSA) is 76.1 Å². The molecule has 1 heterocycles. The van der Waals surface area contributed by atoms with Gasteiger partial charge in [0.15, 0.2) is 0 Å². The Kier molecular flexibility index (Phi) is 8.53. The maximum Gasteiger partial charge on any atom is 0.410 e. The van der Waals surface area contributed by atoms with Crippen LogP contribution in [0.25, 0.3) is 0 Å². The number of rotatable bonds is 6. The van der Waals surface area contributed by atoms with Crippen LogP contribution in [0, 0.1) is 0 Å². The first-order valence-electron chi connectivity index (χ1n) is 9.80. The van der Waals surface area contributed by atoms with Crippen LogP contribution in [0.2, 0.25) is 5.02 Å². The van der Waals surface area contributed by atoms with E-state index in [1.165, 1.54) is 0 Å². The van der Waals surface area contributed by atoms with Gasteiger partial charge in [0.25, 0.3) is 0 Å². The van der Waals surface area contributed by atoms with Gasteiger partial charge in [0.05, 0.1) is 19.5 Å². The molecule has 6 nitrogen and oxygen atoms in total. The summed E-state index contributed by atoms with van der Waals surface area (Å²) >= 11 is 9.49. The molecule has 0 aromatic heterocycles. The van der Waals surface area contributed by atoms with Crippen molar-refractivity contribution < 1.29 is 24.2 Å². The molecule has 0 saturated carbocycles. The molecule has 32 heavy (non-hydrogen) atoms. The van der Waals surface area contributed by atoms with Gasteiger partial charge in [-0.3, -0.25) is 4.79 Å². The summed E-state index contributed by atoms with van der Waals surface area (Å²) in [7, 11) is 0. The lowest BCUT2D eigenvalue weighted by molar-refractivity contribution is -0.136. The summed E-state index contributed by atoms with van der Waals surface area (Å²) in [6, 6.07) is 22.3. The number of ether oxygens (including phenoxy) is 2. The van der Waals surface area contributed by atoms with E-state index in [4.69, 9.17) is 26.2 Å². The van der Waals surface area contributed by atoms with E-state index in [1.54, 1.807) is 29.2 Å². The molecular weight excluding hydrogens is 498 g/mol. The molecular formula is C24H21BrClNO5. The van der Waals surface area contributed by atoms with E-state index in [9.17, 15) is 9.59 Å². The Balaban J connectivity index is 0.000000416. The zero-order chi connectivity index (χ0) is 22.9. The second kappa shape index (κ2) is 11.5. The van der Waals surface area contributed by atoms with E-state index in [2.05, 4.69) is 15.9 Å². The number of carbonyl (C=O) groups is 2. The summed E-state index contributed by atoms with van der Waals surface area (Å²) in [5.41, 5.74) is 1.33. The highest BCUT2D eigenvalue weighted by molar-refractivity contribution is 9.10. The fraction of sp³-hybridized carbons (Fsp3) is 0.167. The highest BCUT2D eigenvalue weighted by Crippen LogP contribution is 2.31. The van der Waals surface area contributed by atoms with Crippen LogP contribution in [0.1, 0.15) is 11.1 Å². The second-order valence-corrected chi connectivity index (χ2v) is 8.26. The van der Waals surface area contributed by atoms with Crippen molar-refractivity contribution >= 4 is 39.6 Å². The number of carboxylic acid groups (broad SMARTS) is 1. The normalized spacial score (nSPS) is 12.6. The van der Waals surface area contributed by atoms with Crippen LogP contribution < -0.4 is 4.74 Å². The Morgan fingerprint density at radius 1 is 1.09 bits per heavy atom. The number of halogens is 2. The molecule has 3 aromatic rings. The maximum atomic E-state index is 11.7. The molecule has 1 saturated heterocycles. The Morgan fingerprint density at radius 3 is 2.38 bits per heavy atom. The van der Waals surface area contributed by atoms with Crippen molar-refractivity contribution in [3.63, 3.8) is 0 Å².